The standard InChI is InChI=1S/C13H12F2N4O2/c1-19-7-11(5-17-19)18-12(20)6-16-13(21)8-2-9(14)4-10(15)3-8/h2-5,7H,6H2,1H3,(H,16,21)(H,18,20). The lowest BCUT2D eigenvalue weighted by Gasteiger charge is -2.06. The highest BCUT2D eigenvalue weighted by molar-refractivity contribution is 5.99. The van der Waals surface area contributed by atoms with Gasteiger partial charge in [-0.05, 0) is 12.1 Å². The van der Waals surface area contributed by atoms with Crippen molar-refractivity contribution < 1.29 is 18.4 Å². The molecule has 1 aromatic carbocycles. The summed E-state index contributed by atoms with van der Waals surface area (Å²) in [4.78, 5) is 23.2. The molecule has 0 saturated carbocycles. The number of anilines is 1. The minimum atomic E-state index is -0.861. The molecule has 0 radical (unpaired) electrons. The summed E-state index contributed by atoms with van der Waals surface area (Å²) in [5.41, 5.74) is 0.287. The Labute approximate surface area is 118 Å². The predicted octanol–water partition coefficient (Wildman–Crippen LogP) is 1.07. The first-order valence-corrected chi connectivity index (χ1v) is 5.97. The fourth-order valence-corrected chi connectivity index (χ4v) is 1.64. The summed E-state index contributed by atoms with van der Waals surface area (Å²) in [7, 11) is 1.69. The van der Waals surface area contributed by atoms with E-state index < -0.39 is 23.4 Å². The molecule has 0 spiro atoms. The number of aromatic nitrogens is 2. The molecule has 21 heavy (non-hydrogen) atoms. The third-order valence-electron chi connectivity index (χ3n) is 2.52. The van der Waals surface area contributed by atoms with E-state index in [9.17, 15) is 18.4 Å². The van der Waals surface area contributed by atoms with Crippen LogP contribution in [0.25, 0.3) is 0 Å². The van der Waals surface area contributed by atoms with Gasteiger partial charge >= 0.3 is 0 Å². The first kappa shape index (κ1) is 14.6. The van der Waals surface area contributed by atoms with Crippen molar-refractivity contribution in [3.63, 3.8) is 0 Å². The number of aryl methyl sites for hydroxylation is 1. The lowest BCUT2D eigenvalue weighted by molar-refractivity contribution is -0.115. The van der Waals surface area contributed by atoms with Gasteiger partial charge in [-0.1, -0.05) is 0 Å². The van der Waals surface area contributed by atoms with Gasteiger partial charge in [0.05, 0.1) is 18.4 Å². The zero-order valence-corrected chi connectivity index (χ0v) is 11.1. The van der Waals surface area contributed by atoms with Gasteiger partial charge in [-0.15, -0.1) is 0 Å². The van der Waals surface area contributed by atoms with E-state index in [-0.39, 0.29) is 12.1 Å². The second-order valence-electron chi connectivity index (χ2n) is 4.29. The van der Waals surface area contributed by atoms with Crippen LogP contribution in [-0.2, 0) is 11.8 Å². The topological polar surface area (TPSA) is 76.0 Å². The van der Waals surface area contributed by atoms with E-state index in [0.717, 1.165) is 12.1 Å². The first-order valence-electron chi connectivity index (χ1n) is 5.97. The van der Waals surface area contributed by atoms with Gasteiger partial charge in [0.25, 0.3) is 5.91 Å². The average Bonchev–Trinajstić information content (AvgIpc) is 2.80. The van der Waals surface area contributed by atoms with Crippen LogP contribution >= 0.6 is 0 Å². The Morgan fingerprint density at radius 2 is 1.90 bits per heavy atom. The molecule has 0 unspecified atom stereocenters. The number of rotatable bonds is 4. The van der Waals surface area contributed by atoms with Crippen molar-refractivity contribution in [2.24, 2.45) is 7.05 Å². The third kappa shape index (κ3) is 4.10. The molecule has 2 aromatic rings. The fourth-order valence-electron chi connectivity index (χ4n) is 1.64. The van der Waals surface area contributed by atoms with E-state index in [4.69, 9.17) is 0 Å². The summed E-state index contributed by atoms with van der Waals surface area (Å²) in [6, 6.07) is 2.43. The van der Waals surface area contributed by atoms with Crippen LogP contribution < -0.4 is 10.6 Å². The van der Waals surface area contributed by atoms with Crippen LogP contribution in [-0.4, -0.2) is 28.1 Å². The van der Waals surface area contributed by atoms with Crippen LogP contribution in [0.4, 0.5) is 14.5 Å². The van der Waals surface area contributed by atoms with Gasteiger partial charge in [-0.2, -0.15) is 5.10 Å². The minimum absolute atomic E-state index is 0.193. The van der Waals surface area contributed by atoms with Gasteiger partial charge < -0.3 is 10.6 Å². The summed E-state index contributed by atoms with van der Waals surface area (Å²) in [5, 5.41) is 8.64. The summed E-state index contributed by atoms with van der Waals surface area (Å²) < 4.78 is 27.4. The third-order valence-corrected chi connectivity index (χ3v) is 2.52. The van der Waals surface area contributed by atoms with Gasteiger partial charge in [-0.3, -0.25) is 14.3 Å². The molecule has 8 heteroatoms. The maximum Gasteiger partial charge on any atom is 0.251 e. The largest absolute Gasteiger partial charge is 0.343 e. The molecule has 0 fully saturated rings. The van der Waals surface area contributed by atoms with Crippen LogP contribution in [0.1, 0.15) is 10.4 Å². The number of benzene rings is 1. The van der Waals surface area contributed by atoms with Crippen LogP contribution in [0, 0.1) is 11.6 Å². The Balaban J connectivity index is 1.90. The van der Waals surface area contributed by atoms with Gasteiger partial charge in [0, 0.05) is 24.9 Å². The van der Waals surface area contributed by atoms with Crippen molar-refractivity contribution in [3.05, 3.63) is 47.8 Å². The highest BCUT2D eigenvalue weighted by atomic mass is 19.1. The van der Waals surface area contributed by atoms with Gasteiger partial charge in [0.2, 0.25) is 5.91 Å². The van der Waals surface area contributed by atoms with Crippen molar-refractivity contribution in [1.82, 2.24) is 15.1 Å². The van der Waals surface area contributed by atoms with E-state index >= 15 is 0 Å². The molecular weight excluding hydrogens is 282 g/mol. The summed E-state index contributed by atoms with van der Waals surface area (Å²) >= 11 is 0. The molecule has 2 rings (SSSR count). The number of halogens is 2. The normalized spacial score (nSPS) is 10.2. The Hall–Kier alpha value is -2.77. The molecule has 2 N–H and O–H groups in total. The van der Waals surface area contributed by atoms with Crippen LogP contribution in [0.3, 0.4) is 0 Å². The molecule has 2 amide bonds. The molecule has 0 bridgehead atoms. The maximum atomic E-state index is 13.0. The van der Waals surface area contributed by atoms with Crippen molar-refractivity contribution >= 4 is 17.5 Å². The highest BCUT2D eigenvalue weighted by Crippen LogP contribution is 2.07. The number of carbonyl (C=O) groups is 2. The molecule has 0 aliphatic carbocycles. The van der Waals surface area contributed by atoms with Crippen LogP contribution in [0.5, 0.6) is 0 Å². The monoisotopic (exact) mass is 294 g/mol. The first-order chi connectivity index (χ1) is 9.94. The van der Waals surface area contributed by atoms with Crippen LogP contribution in [0.2, 0.25) is 0 Å². The van der Waals surface area contributed by atoms with Gasteiger partial charge in [-0.25, -0.2) is 8.78 Å². The second kappa shape index (κ2) is 6.12. The van der Waals surface area contributed by atoms with Crippen molar-refractivity contribution in [2.45, 2.75) is 0 Å². The zero-order valence-electron chi connectivity index (χ0n) is 11.1. The van der Waals surface area contributed by atoms with Crippen molar-refractivity contribution in [2.75, 3.05) is 11.9 Å². The number of carbonyl (C=O) groups excluding carboxylic acids is 2. The molecule has 0 aliphatic heterocycles. The quantitative estimate of drug-likeness (QED) is 0.885. The number of nitrogens with one attached hydrogen (secondary N) is 2. The van der Waals surface area contributed by atoms with E-state index in [1.165, 1.54) is 10.9 Å². The molecule has 0 aliphatic rings. The minimum Gasteiger partial charge on any atom is -0.343 e. The Morgan fingerprint density at radius 1 is 1.24 bits per heavy atom. The lowest BCUT2D eigenvalue weighted by Crippen LogP contribution is -2.32. The van der Waals surface area contributed by atoms with Gasteiger partial charge in [0.1, 0.15) is 11.6 Å². The van der Waals surface area contributed by atoms with Crippen molar-refractivity contribution in [1.29, 1.82) is 0 Å². The van der Waals surface area contributed by atoms with E-state index in [1.807, 2.05) is 0 Å². The zero-order chi connectivity index (χ0) is 15.4. The summed E-state index contributed by atoms with van der Waals surface area (Å²) in [6.07, 6.45) is 3.03. The molecule has 0 atom stereocenters. The molecule has 1 heterocycles. The van der Waals surface area contributed by atoms with Gasteiger partial charge in [0.15, 0.2) is 0 Å². The SMILES string of the molecule is Cn1cc(NC(=O)CNC(=O)c2cc(F)cc(F)c2)cn1. The molecule has 0 saturated heterocycles. The second-order valence-corrected chi connectivity index (χ2v) is 4.29. The van der Waals surface area contributed by atoms with Crippen LogP contribution in [0.15, 0.2) is 30.6 Å². The number of hydrogen-bond donors (Lipinski definition) is 2. The Kier molecular flexibility index (Phi) is 4.27. The molecule has 110 valence electrons. The van der Waals surface area contributed by atoms with Crippen molar-refractivity contribution in [3.8, 4) is 0 Å². The molecule has 6 nitrogen and oxygen atoms in total. The number of hydrogen-bond acceptors (Lipinski definition) is 3. The van der Waals surface area contributed by atoms with E-state index in [0.29, 0.717) is 11.8 Å². The highest BCUT2D eigenvalue weighted by Gasteiger charge is 2.11. The predicted molar refractivity (Wildman–Crippen MR) is 70.5 cm³/mol. The smallest absolute Gasteiger partial charge is 0.251 e. The number of amides is 2. The summed E-state index contributed by atoms with van der Waals surface area (Å²) in [5.74, 6) is -2.94. The Bertz CT molecular complexity index is 664. The molecular formula is C13H12F2N4O2. The lowest BCUT2D eigenvalue weighted by atomic mass is 10.2. The van der Waals surface area contributed by atoms with E-state index in [1.54, 1.807) is 13.2 Å². The fraction of sp³-hybridized carbons (Fsp3) is 0.154. The van der Waals surface area contributed by atoms with E-state index in [2.05, 4.69) is 15.7 Å². The molecule has 1 aromatic heterocycles. The average molecular weight is 294 g/mol. The maximum absolute atomic E-state index is 13.0. The number of nitrogens with zero attached hydrogens (tertiary/aromatic N) is 2. The summed E-state index contributed by atoms with van der Waals surface area (Å²) in [6.45, 7) is -0.328. The Morgan fingerprint density at radius 3 is 2.48 bits per heavy atom.